The van der Waals surface area contributed by atoms with Gasteiger partial charge in [0.1, 0.15) is 0 Å². The van der Waals surface area contributed by atoms with Crippen molar-refractivity contribution in [2.24, 2.45) is 7.05 Å². The van der Waals surface area contributed by atoms with E-state index in [-0.39, 0.29) is 23.0 Å². The fraction of sp³-hybridized carbons (Fsp3) is 0.267. The van der Waals surface area contributed by atoms with E-state index in [9.17, 15) is 9.59 Å². The van der Waals surface area contributed by atoms with E-state index in [1.165, 1.54) is 11.6 Å². The first kappa shape index (κ1) is 16.6. The molecule has 0 spiro atoms. The monoisotopic (exact) mass is 365 g/mol. The van der Waals surface area contributed by atoms with E-state index in [2.05, 4.69) is 15.2 Å². The molecule has 7 nitrogen and oxygen atoms in total. The van der Waals surface area contributed by atoms with Crippen molar-refractivity contribution in [1.29, 1.82) is 0 Å². The first-order valence-corrected chi connectivity index (χ1v) is 7.88. The van der Waals surface area contributed by atoms with Crippen LogP contribution in [-0.4, -0.2) is 24.3 Å². The summed E-state index contributed by atoms with van der Waals surface area (Å²) < 4.78 is 2.39. The Morgan fingerprint density at radius 2 is 1.79 bits per heavy atom. The zero-order valence-electron chi connectivity index (χ0n) is 13.1. The molecule has 3 aromatic rings. The Kier molecular flexibility index (Phi) is 4.15. The van der Waals surface area contributed by atoms with Crippen molar-refractivity contribution in [2.45, 2.75) is 19.9 Å². The third kappa shape index (κ3) is 2.59. The van der Waals surface area contributed by atoms with E-state index in [1.54, 1.807) is 18.2 Å². The molecule has 1 aromatic carbocycles. The number of aromatic nitrogens is 5. The number of nitrogens with zero attached hydrogens (tertiary/aromatic N) is 5. The van der Waals surface area contributed by atoms with Gasteiger partial charge in [0.25, 0.3) is 5.56 Å². The highest BCUT2D eigenvalue weighted by molar-refractivity contribution is 6.42. The van der Waals surface area contributed by atoms with Crippen LogP contribution in [0.2, 0.25) is 10.0 Å². The van der Waals surface area contributed by atoms with Crippen molar-refractivity contribution >= 4 is 34.4 Å². The highest BCUT2D eigenvalue weighted by atomic mass is 35.5. The normalized spacial score (nSPS) is 11.4. The second-order valence-electron chi connectivity index (χ2n) is 5.55. The molecule has 0 saturated heterocycles. The maximum atomic E-state index is 12.4. The van der Waals surface area contributed by atoms with Gasteiger partial charge in [-0.2, -0.15) is 0 Å². The van der Waals surface area contributed by atoms with Gasteiger partial charge in [-0.25, -0.2) is 9.78 Å². The Morgan fingerprint density at radius 3 is 2.42 bits per heavy atom. The second kappa shape index (κ2) is 5.99. The summed E-state index contributed by atoms with van der Waals surface area (Å²) in [6.45, 7) is 3.64. The van der Waals surface area contributed by atoms with Gasteiger partial charge < -0.3 is 0 Å². The second-order valence-corrected chi connectivity index (χ2v) is 6.36. The molecule has 0 bridgehead atoms. The minimum Gasteiger partial charge on any atom is -0.272 e. The third-order valence-corrected chi connectivity index (χ3v) is 4.33. The Labute approximate surface area is 146 Å². The SMILES string of the molecule is CC(C)n1c(=O)n(C)c(=O)c2nc(-c3ccc(Cl)c(Cl)c3)nnc21. The van der Waals surface area contributed by atoms with Gasteiger partial charge in [-0.1, -0.05) is 23.2 Å². The van der Waals surface area contributed by atoms with Crippen molar-refractivity contribution in [1.82, 2.24) is 24.3 Å². The molecule has 0 aliphatic heterocycles. The van der Waals surface area contributed by atoms with Gasteiger partial charge >= 0.3 is 5.69 Å². The number of fused-ring (bicyclic) bond motifs is 1. The van der Waals surface area contributed by atoms with Crippen LogP contribution < -0.4 is 11.2 Å². The highest BCUT2D eigenvalue weighted by Gasteiger charge is 2.17. The fourth-order valence-electron chi connectivity index (χ4n) is 2.35. The quantitative estimate of drug-likeness (QED) is 0.696. The van der Waals surface area contributed by atoms with Crippen molar-refractivity contribution in [3.05, 3.63) is 49.1 Å². The lowest BCUT2D eigenvalue weighted by Gasteiger charge is -2.13. The molecule has 0 aliphatic rings. The van der Waals surface area contributed by atoms with Gasteiger partial charge in [0, 0.05) is 18.7 Å². The molecule has 0 radical (unpaired) electrons. The standard InChI is InChI=1S/C15H13Cl2N5O2/c1-7(2)22-13-11(14(23)21(3)15(22)24)18-12(19-20-13)8-4-5-9(16)10(17)6-8/h4-7H,1-3H3. The lowest BCUT2D eigenvalue weighted by molar-refractivity contribution is 0.547. The Bertz CT molecular complexity index is 1070. The molecule has 9 heteroatoms. The summed E-state index contributed by atoms with van der Waals surface area (Å²) in [5.41, 5.74) is -0.184. The molecule has 2 heterocycles. The predicted octanol–water partition coefficient (Wildman–Crippen LogP) is 2.44. The van der Waals surface area contributed by atoms with Gasteiger partial charge in [-0.3, -0.25) is 13.9 Å². The van der Waals surface area contributed by atoms with Gasteiger partial charge in [0.15, 0.2) is 17.0 Å². The number of hydrogen-bond acceptors (Lipinski definition) is 5. The number of rotatable bonds is 2. The molecule has 0 aliphatic carbocycles. The zero-order valence-corrected chi connectivity index (χ0v) is 14.6. The topological polar surface area (TPSA) is 82.7 Å². The molecule has 24 heavy (non-hydrogen) atoms. The predicted molar refractivity (Wildman–Crippen MR) is 92.7 cm³/mol. The molecule has 0 fully saturated rings. The summed E-state index contributed by atoms with van der Waals surface area (Å²) in [5, 5.41) is 8.83. The molecule has 124 valence electrons. The summed E-state index contributed by atoms with van der Waals surface area (Å²) in [4.78, 5) is 29.0. The van der Waals surface area contributed by atoms with Gasteiger partial charge in [0.05, 0.1) is 10.0 Å². The van der Waals surface area contributed by atoms with Gasteiger partial charge in [-0.15, -0.1) is 10.2 Å². The molecule has 0 atom stereocenters. The molecule has 3 rings (SSSR count). The highest BCUT2D eigenvalue weighted by Crippen LogP contribution is 2.26. The van der Waals surface area contributed by atoms with Crippen LogP contribution in [0.4, 0.5) is 0 Å². The average Bonchev–Trinajstić information content (AvgIpc) is 2.55. The molecular weight excluding hydrogens is 353 g/mol. The van der Waals surface area contributed by atoms with E-state index >= 15 is 0 Å². The van der Waals surface area contributed by atoms with E-state index in [0.29, 0.717) is 15.6 Å². The molecule has 0 N–H and O–H groups in total. The van der Waals surface area contributed by atoms with Crippen molar-refractivity contribution in [3.8, 4) is 11.4 Å². The average molecular weight is 366 g/mol. The number of hydrogen-bond donors (Lipinski definition) is 0. The minimum atomic E-state index is -0.525. The van der Waals surface area contributed by atoms with Crippen molar-refractivity contribution < 1.29 is 0 Å². The lowest BCUT2D eigenvalue weighted by Crippen LogP contribution is -2.39. The first-order chi connectivity index (χ1) is 11.3. The Morgan fingerprint density at radius 1 is 1.08 bits per heavy atom. The largest absolute Gasteiger partial charge is 0.332 e. The van der Waals surface area contributed by atoms with Crippen LogP contribution in [0.15, 0.2) is 27.8 Å². The Balaban J connectivity index is 2.34. The van der Waals surface area contributed by atoms with Crippen LogP contribution in [0.1, 0.15) is 19.9 Å². The van der Waals surface area contributed by atoms with E-state index in [4.69, 9.17) is 23.2 Å². The van der Waals surface area contributed by atoms with Crippen LogP contribution in [0.25, 0.3) is 22.6 Å². The van der Waals surface area contributed by atoms with Crippen LogP contribution in [0.3, 0.4) is 0 Å². The van der Waals surface area contributed by atoms with Crippen LogP contribution in [-0.2, 0) is 7.05 Å². The lowest BCUT2D eigenvalue weighted by atomic mass is 10.2. The van der Waals surface area contributed by atoms with Crippen LogP contribution in [0.5, 0.6) is 0 Å². The summed E-state index contributed by atoms with van der Waals surface area (Å²) in [7, 11) is 1.41. The number of benzene rings is 1. The summed E-state index contributed by atoms with van der Waals surface area (Å²) >= 11 is 11.9. The molecule has 2 aromatic heterocycles. The number of halogens is 2. The summed E-state index contributed by atoms with van der Waals surface area (Å²) in [6, 6.07) is 4.69. The Hall–Kier alpha value is -2.25. The third-order valence-electron chi connectivity index (χ3n) is 3.59. The van der Waals surface area contributed by atoms with E-state index < -0.39 is 11.2 Å². The van der Waals surface area contributed by atoms with E-state index in [1.807, 2.05) is 13.8 Å². The van der Waals surface area contributed by atoms with E-state index in [0.717, 1.165) is 4.57 Å². The van der Waals surface area contributed by atoms with Crippen LogP contribution >= 0.6 is 23.2 Å². The van der Waals surface area contributed by atoms with Crippen molar-refractivity contribution in [2.75, 3.05) is 0 Å². The van der Waals surface area contributed by atoms with Crippen LogP contribution in [0, 0.1) is 0 Å². The van der Waals surface area contributed by atoms with Crippen molar-refractivity contribution in [3.63, 3.8) is 0 Å². The molecule has 0 unspecified atom stereocenters. The summed E-state index contributed by atoms with van der Waals surface area (Å²) in [5.74, 6) is 0.229. The molecule has 0 saturated carbocycles. The molecular formula is C15H13Cl2N5O2. The first-order valence-electron chi connectivity index (χ1n) is 7.12. The van der Waals surface area contributed by atoms with Gasteiger partial charge in [0.2, 0.25) is 0 Å². The molecule has 0 amide bonds. The summed E-state index contributed by atoms with van der Waals surface area (Å²) in [6.07, 6.45) is 0. The fourth-order valence-corrected chi connectivity index (χ4v) is 2.65. The van der Waals surface area contributed by atoms with Gasteiger partial charge in [-0.05, 0) is 32.0 Å². The minimum absolute atomic E-state index is 0.0712. The zero-order chi connectivity index (χ0) is 17.6. The smallest absolute Gasteiger partial charge is 0.272 e. The maximum absolute atomic E-state index is 12.4. The maximum Gasteiger partial charge on any atom is 0.332 e.